The number of aliphatic imine (C=N–C) groups is 1. The standard InChI is InChI=1S/C17H34N4O2.HI/c1-4-18-16(19-13-15-7-6-10-21(15)5-2)20-14-17(22-3)8-11-23-12-9-17;/h15H,4-14H2,1-3H3,(H2,18,19,20);1H. The van der Waals surface area contributed by atoms with Crippen molar-refractivity contribution >= 4 is 29.9 Å². The molecule has 2 aliphatic rings. The van der Waals surface area contributed by atoms with E-state index in [1.165, 1.54) is 19.4 Å². The lowest BCUT2D eigenvalue weighted by molar-refractivity contribution is -0.0828. The van der Waals surface area contributed by atoms with Gasteiger partial charge in [-0.1, -0.05) is 6.92 Å². The third kappa shape index (κ3) is 6.31. The summed E-state index contributed by atoms with van der Waals surface area (Å²) in [5, 5.41) is 6.87. The van der Waals surface area contributed by atoms with Crippen molar-refractivity contribution in [1.29, 1.82) is 0 Å². The van der Waals surface area contributed by atoms with Crippen LogP contribution in [0, 0.1) is 0 Å². The van der Waals surface area contributed by atoms with Gasteiger partial charge in [-0.05, 0) is 32.9 Å². The van der Waals surface area contributed by atoms with E-state index in [1.807, 2.05) is 0 Å². The number of nitrogens with zero attached hydrogens (tertiary/aromatic N) is 2. The first-order valence-corrected chi connectivity index (χ1v) is 9.12. The lowest BCUT2D eigenvalue weighted by Crippen LogP contribution is -2.46. The maximum absolute atomic E-state index is 5.77. The van der Waals surface area contributed by atoms with Gasteiger partial charge in [0.05, 0.1) is 12.1 Å². The number of likely N-dealkylation sites (N-methyl/N-ethyl adjacent to an activating group) is 1. The molecule has 142 valence electrons. The van der Waals surface area contributed by atoms with Gasteiger partial charge in [0.25, 0.3) is 0 Å². The minimum atomic E-state index is -0.163. The van der Waals surface area contributed by atoms with Gasteiger partial charge in [-0.2, -0.15) is 0 Å². The second-order valence-corrected chi connectivity index (χ2v) is 6.50. The van der Waals surface area contributed by atoms with Crippen molar-refractivity contribution in [3.05, 3.63) is 0 Å². The minimum absolute atomic E-state index is 0. The Morgan fingerprint density at radius 1 is 1.29 bits per heavy atom. The topological polar surface area (TPSA) is 58.1 Å². The Morgan fingerprint density at radius 2 is 2.04 bits per heavy atom. The normalized spacial score (nSPS) is 24.5. The Bertz CT molecular complexity index is 376. The molecule has 0 saturated carbocycles. The van der Waals surface area contributed by atoms with Gasteiger partial charge in [-0.25, -0.2) is 0 Å². The molecule has 2 aliphatic heterocycles. The van der Waals surface area contributed by atoms with Crippen LogP contribution < -0.4 is 10.6 Å². The van der Waals surface area contributed by atoms with Crippen molar-refractivity contribution in [3.8, 4) is 0 Å². The van der Waals surface area contributed by atoms with Gasteiger partial charge in [0.1, 0.15) is 0 Å². The van der Waals surface area contributed by atoms with Crippen LogP contribution in [-0.4, -0.2) is 75.5 Å². The summed E-state index contributed by atoms with van der Waals surface area (Å²) < 4.78 is 11.2. The van der Waals surface area contributed by atoms with Crippen molar-refractivity contribution in [2.75, 3.05) is 53.0 Å². The number of hydrogen-bond acceptors (Lipinski definition) is 4. The highest BCUT2D eigenvalue weighted by Gasteiger charge is 2.32. The fraction of sp³-hybridized carbons (Fsp3) is 0.941. The van der Waals surface area contributed by atoms with Gasteiger partial charge in [0, 0.05) is 52.3 Å². The maximum Gasteiger partial charge on any atom is 0.191 e. The number of ether oxygens (including phenoxy) is 2. The lowest BCUT2D eigenvalue weighted by Gasteiger charge is -2.34. The Labute approximate surface area is 164 Å². The molecule has 1 atom stereocenters. The van der Waals surface area contributed by atoms with Crippen LogP contribution in [0.15, 0.2) is 4.99 Å². The zero-order valence-electron chi connectivity index (χ0n) is 15.5. The summed E-state index contributed by atoms with van der Waals surface area (Å²) in [5.74, 6) is 0.901. The molecule has 0 amide bonds. The number of methoxy groups -OCH3 is 1. The summed E-state index contributed by atoms with van der Waals surface area (Å²) in [4.78, 5) is 7.33. The second-order valence-electron chi connectivity index (χ2n) is 6.50. The molecule has 2 heterocycles. The molecule has 0 aromatic rings. The number of halogens is 1. The van der Waals surface area contributed by atoms with Gasteiger partial charge in [-0.3, -0.25) is 9.89 Å². The van der Waals surface area contributed by atoms with E-state index in [4.69, 9.17) is 14.5 Å². The highest BCUT2D eigenvalue weighted by Crippen LogP contribution is 2.24. The molecule has 0 aromatic carbocycles. The van der Waals surface area contributed by atoms with Crippen LogP contribution in [0.25, 0.3) is 0 Å². The van der Waals surface area contributed by atoms with Crippen LogP contribution >= 0.6 is 24.0 Å². The molecule has 2 saturated heterocycles. The molecule has 0 bridgehead atoms. The molecule has 0 radical (unpaired) electrons. The van der Waals surface area contributed by atoms with Crippen LogP contribution in [0.2, 0.25) is 0 Å². The summed E-state index contributed by atoms with van der Waals surface area (Å²) >= 11 is 0. The third-order valence-corrected chi connectivity index (χ3v) is 5.12. The number of likely N-dealkylation sites (tertiary alicyclic amines) is 1. The zero-order valence-corrected chi connectivity index (χ0v) is 17.8. The average molecular weight is 454 g/mol. The summed E-state index contributed by atoms with van der Waals surface area (Å²) in [6.07, 6.45) is 4.41. The van der Waals surface area contributed by atoms with Crippen LogP contribution in [0.5, 0.6) is 0 Å². The molecule has 0 spiro atoms. The Kier molecular flexibility index (Phi) is 10.5. The number of rotatable bonds is 7. The SMILES string of the molecule is CCNC(=NCC1(OC)CCOCC1)NCC1CCCN1CC.I. The largest absolute Gasteiger partial charge is 0.381 e. The molecule has 0 aliphatic carbocycles. The molecule has 7 heteroatoms. The molecule has 6 nitrogen and oxygen atoms in total. The van der Waals surface area contributed by atoms with Gasteiger partial charge in [-0.15, -0.1) is 24.0 Å². The first-order valence-electron chi connectivity index (χ1n) is 9.12. The van der Waals surface area contributed by atoms with E-state index in [9.17, 15) is 0 Å². The Morgan fingerprint density at radius 3 is 2.67 bits per heavy atom. The average Bonchev–Trinajstić information content (AvgIpc) is 3.06. The molecule has 2 N–H and O–H groups in total. The van der Waals surface area contributed by atoms with Crippen molar-refractivity contribution in [3.63, 3.8) is 0 Å². The lowest BCUT2D eigenvalue weighted by atomic mass is 9.94. The number of nitrogens with one attached hydrogen (secondary N) is 2. The van der Waals surface area contributed by atoms with Crippen LogP contribution in [-0.2, 0) is 9.47 Å². The summed E-state index contributed by atoms with van der Waals surface area (Å²) in [6, 6.07) is 0.628. The Hall–Kier alpha value is -0.120. The van der Waals surface area contributed by atoms with Crippen LogP contribution in [0.4, 0.5) is 0 Å². The first-order chi connectivity index (χ1) is 11.2. The fourth-order valence-electron chi connectivity index (χ4n) is 3.49. The van der Waals surface area contributed by atoms with Crippen molar-refractivity contribution in [2.24, 2.45) is 4.99 Å². The summed E-state index contributed by atoms with van der Waals surface area (Å²) in [5.41, 5.74) is -0.163. The van der Waals surface area contributed by atoms with E-state index in [1.54, 1.807) is 7.11 Å². The van der Waals surface area contributed by atoms with Crippen molar-refractivity contribution in [2.45, 2.75) is 51.2 Å². The monoisotopic (exact) mass is 454 g/mol. The molecule has 24 heavy (non-hydrogen) atoms. The molecule has 1 unspecified atom stereocenters. The predicted octanol–water partition coefficient (Wildman–Crippen LogP) is 1.84. The Balaban J connectivity index is 0.00000288. The summed E-state index contributed by atoms with van der Waals surface area (Å²) in [6.45, 7) is 10.7. The van der Waals surface area contributed by atoms with E-state index < -0.39 is 0 Å². The minimum Gasteiger partial charge on any atom is -0.381 e. The van der Waals surface area contributed by atoms with Gasteiger partial charge in [0.2, 0.25) is 0 Å². The highest BCUT2D eigenvalue weighted by atomic mass is 127. The van der Waals surface area contributed by atoms with E-state index in [2.05, 4.69) is 29.4 Å². The first kappa shape index (κ1) is 21.9. The predicted molar refractivity (Wildman–Crippen MR) is 109 cm³/mol. The van der Waals surface area contributed by atoms with Crippen molar-refractivity contribution < 1.29 is 9.47 Å². The molecular weight excluding hydrogens is 419 g/mol. The zero-order chi connectivity index (χ0) is 16.5. The molecule has 2 rings (SSSR count). The number of hydrogen-bond donors (Lipinski definition) is 2. The van der Waals surface area contributed by atoms with Gasteiger partial charge < -0.3 is 20.1 Å². The van der Waals surface area contributed by atoms with E-state index in [0.717, 1.165) is 51.6 Å². The van der Waals surface area contributed by atoms with Gasteiger partial charge in [0.15, 0.2) is 5.96 Å². The van der Waals surface area contributed by atoms with E-state index in [-0.39, 0.29) is 29.6 Å². The highest BCUT2D eigenvalue weighted by molar-refractivity contribution is 14.0. The van der Waals surface area contributed by atoms with Crippen LogP contribution in [0.1, 0.15) is 39.5 Å². The second kappa shape index (κ2) is 11.5. The molecule has 2 fully saturated rings. The quantitative estimate of drug-likeness (QED) is 0.349. The van der Waals surface area contributed by atoms with E-state index in [0.29, 0.717) is 12.6 Å². The molecule has 0 aromatic heterocycles. The van der Waals surface area contributed by atoms with Crippen LogP contribution in [0.3, 0.4) is 0 Å². The number of guanidine groups is 1. The third-order valence-electron chi connectivity index (χ3n) is 5.12. The van der Waals surface area contributed by atoms with E-state index >= 15 is 0 Å². The maximum atomic E-state index is 5.77. The fourth-order valence-corrected chi connectivity index (χ4v) is 3.49. The smallest absolute Gasteiger partial charge is 0.191 e. The molecular formula is C17H35IN4O2. The van der Waals surface area contributed by atoms with Gasteiger partial charge >= 0.3 is 0 Å². The van der Waals surface area contributed by atoms with Crippen molar-refractivity contribution in [1.82, 2.24) is 15.5 Å². The summed E-state index contributed by atoms with van der Waals surface area (Å²) in [7, 11) is 1.79.